The molecule has 0 saturated heterocycles. The molecular weight excluding hydrogens is 502 g/mol. The number of hydrogen-bond donors (Lipinski definition) is 0. The van der Waals surface area contributed by atoms with E-state index in [0.29, 0.717) is 45.2 Å². The summed E-state index contributed by atoms with van der Waals surface area (Å²) in [6, 6.07) is 29.4. The van der Waals surface area contributed by atoms with Crippen molar-refractivity contribution in [1.82, 2.24) is 24.6 Å². The molecule has 0 fully saturated rings. The molecule has 4 aromatic heterocycles. The predicted octanol–water partition coefficient (Wildman–Crippen LogP) is 6.25. The van der Waals surface area contributed by atoms with Gasteiger partial charge < -0.3 is 9.15 Å². The van der Waals surface area contributed by atoms with Gasteiger partial charge in [0.05, 0.1) is 22.4 Å². The molecule has 0 spiro atoms. The molecule has 8 heteroatoms. The van der Waals surface area contributed by atoms with Crippen LogP contribution in [0.2, 0.25) is 0 Å². The number of rotatable bonds is 3. The molecule has 1 unspecified atom stereocenters. The maximum absolute atomic E-state index is 13.5. The summed E-state index contributed by atoms with van der Waals surface area (Å²) in [4.78, 5) is 27.2. The van der Waals surface area contributed by atoms with Gasteiger partial charge in [-0.1, -0.05) is 66.7 Å². The summed E-state index contributed by atoms with van der Waals surface area (Å²) in [7, 11) is 0. The van der Waals surface area contributed by atoms with E-state index in [-0.39, 0.29) is 0 Å². The van der Waals surface area contributed by atoms with E-state index in [1.54, 1.807) is 29.3 Å². The van der Waals surface area contributed by atoms with Crippen LogP contribution in [0.5, 0.6) is 11.6 Å². The maximum atomic E-state index is 13.5. The molecule has 8 rings (SSSR count). The van der Waals surface area contributed by atoms with Crippen LogP contribution in [-0.4, -0.2) is 24.6 Å². The monoisotopic (exact) mass is 521 g/mol. The molecule has 7 aromatic rings. The molecule has 0 radical (unpaired) electrons. The number of benzene rings is 3. The third-order valence-corrected chi connectivity index (χ3v) is 7.25. The van der Waals surface area contributed by atoms with Gasteiger partial charge in [0.25, 0.3) is 0 Å². The number of fused-ring (bicyclic) bond motifs is 6. The molecule has 1 aliphatic heterocycles. The van der Waals surface area contributed by atoms with Gasteiger partial charge in [0.15, 0.2) is 17.2 Å². The Morgan fingerprint density at radius 1 is 0.750 bits per heavy atom. The molecular formula is C32H19N5O3. The minimum Gasteiger partial charge on any atom is -0.437 e. The van der Waals surface area contributed by atoms with Gasteiger partial charge in [-0.25, -0.2) is 19.3 Å². The standard InChI is InChI=1S/C32H19N5O3/c38-32-26-25(21-14-16-33-17-15-21)27-30-35-29(22-12-10-20(11-13-22)19-6-2-1-3-7-19)36-37(30)18-34-31(27)40-28(26)23-8-4-5-9-24(23)39-32/h1-18,25H. The van der Waals surface area contributed by atoms with Crippen LogP contribution in [0.1, 0.15) is 22.6 Å². The fourth-order valence-electron chi connectivity index (χ4n) is 5.38. The Kier molecular flexibility index (Phi) is 4.87. The first-order valence-electron chi connectivity index (χ1n) is 12.8. The number of ether oxygens (including phenoxy) is 1. The molecule has 5 heterocycles. The van der Waals surface area contributed by atoms with E-state index in [9.17, 15) is 4.79 Å². The lowest BCUT2D eigenvalue weighted by atomic mass is 9.84. The van der Waals surface area contributed by atoms with Crippen LogP contribution in [0.25, 0.3) is 39.1 Å². The van der Waals surface area contributed by atoms with Crippen LogP contribution < -0.4 is 10.4 Å². The molecule has 190 valence electrons. The summed E-state index contributed by atoms with van der Waals surface area (Å²) >= 11 is 0. The van der Waals surface area contributed by atoms with E-state index in [2.05, 4.69) is 34.2 Å². The lowest BCUT2D eigenvalue weighted by molar-refractivity contribution is 0.422. The van der Waals surface area contributed by atoms with Gasteiger partial charge >= 0.3 is 5.63 Å². The Bertz CT molecular complexity index is 2100. The fraction of sp³-hybridized carbons (Fsp3) is 0.0312. The summed E-state index contributed by atoms with van der Waals surface area (Å²) in [5, 5.41) is 5.42. The van der Waals surface area contributed by atoms with E-state index >= 15 is 0 Å². The average Bonchev–Trinajstić information content (AvgIpc) is 3.46. The second-order valence-corrected chi connectivity index (χ2v) is 9.55. The summed E-state index contributed by atoms with van der Waals surface area (Å²) in [6.45, 7) is 0. The number of pyridine rings is 1. The first kappa shape index (κ1) is 22.4. The van der Waals surface area contributed by atoms with Gasteiger partial charge in [-0.3, -0.25) is 4.98 Å². The molecule has 0 amide bonds. The van der Waals surface area contributed by atoms with E-state index in [1.807, 2.05) is 60.7 Å². The van der Waals surface area contributed by atoms with Crippen molar-refractivity contribution in [2.24, 2.45) is 0 Å². The quantitative estimate of drug-likeness (QED) is 0.254. The summed E-state index contributed by atoms with van der Waals surface area (Å²) < 4.78 is 13.7. The number of aromatic nitrogens is 5. The zero-order chi connectivity index (χ0) is 26.6. The summed E-state index contributed by atoms with van der Waals surface area (Å²) in [5.41, 5.74) is 5.51. The summed E-state index contributed by atoms with van der Waals surface area (Å²) in [5.74, 6) is 0.807. The fourth-order valence-corrected chi connectivity index (χ4v) is 5.38. The van der Waals surface area contributed by atoms with Crippen LogP contribution in [0.15, 0.2) is 119 Å². The van der Waals surface area contributed by atoms with Crippen molar-refractivity contribution < 1.29 is 9.15 Å². The second-order valence-electron chi connectivity index (χ2n) is 9.55. The van der Waals surface area contributed by atoms with Crippen LogP contribution in [0, 0.1) is 0 Å². The molecule has 3 aromatic carbocycles. The third-order valence-electron chi connectivity index (χ3n) is 7.25. The molecule has 0 N–H and O–H groups in total. The Labute approximate surface area is 227 Å². The van der Waals surface area contributed by atoms with Gasteiger partial charge in [-0.05, 0) is 41.0 Å². The van der Waals surface area contributed by atoms with Crippen molar-refractivity contribution in [2.75, 3.05) is 0 Å². The van der Waals surface area contributed by atoms with Crippen molar-refractivity contribution in [2.45, 2.75) is 5.92 Å². The molecule has 1 atom stereocenters. The highest BCUT2D eigenvalue weighted by Crippen LogP contribution is 2.48. The normalized spacial score (nSPS) is 14.1. The zero-order valence-electron chi connectivity index (χ0n) is 20.9. The minimum absolute atomic E-state index is 0.371. The Hall–Kier alpha value is -5.63. The van der Waals surface area contributed by atoms with E-state index in [1.165, 1.54) is 0 Å². The lowest BCUT2D eigenvalue weighted by Crippen LogP contribution is -2.22. The van der Waals surface area contributed by atoms with Crippen LogP contribution in [-0.2, 0) is 0 Å². The smallest absolute Gasteiger partial charge is 0.344 e. The summed E-state index contributed by atoms with van der Waals surface area (Å²) in [6.07, 6.45) is 4.99. The van der Waals surface area contributed by atoms with Gasteiger partial charge in [0.2, 0.25) is 5.88 Å². The lowest BCUT2D eigenvalue weighted by Gasteiger charge is -2.27. The first-order valence-corrected chi connectivity index (χ1v) is 12.8. The molecule has 40 heavy (non-hydrogen) atoms. The second kappa shape index (κ2) is 8.71. The van der Waals surface area contributed by atoms with Crippen molar-refractivity contribution in [3.05, 3.63) is 137 Å². The van der Waals surface area contributed by atoms with Crippen molar-refractivity contribution in [3.8, 4) is 34.1 Å². The van der Waals surface area contributed by atoms with E-state index in [0.717, 1.165) is 22.3 Å². The van der Waals surface area contributed by atoms with Crippen molar-refractivity contribution in [1.29, 1.82) is 0 Å². The molecule has 1 aliphatic rings. The SMILES string of the molecule is O=c1oc2ccccc2c2c1C(c1ccncc1)c1c(ncn3nc(-c4ccc(-c5ccccc5)cc4)nc13)O2. The van der Waals surface area contributed by atoms with Crippen LogP contribution in [0.3, 0.4) is 0 Å². The van der Waals surface area contributed by atoms with Crippen LogP contribution in [0.4, 0.5) is 0 Å². The number of hydrogen-bond acceptors (Lipinski definition) is 7. The minimum atomic E-state index is -0.545. The van der Waals surface area contributed by atoms with Crippen molar-refractivity contribution >= 4 is 16.6 Å². The molecule has 0 bridgehead atoms. The topological polar surface area (TPSA) is 95.4 Å². The van der Waals surface area contributed by atoms with E-state index in [4.69, 9.17) is 19.2 Å². The maximum Gasteiger partial charge on any atom is 0.344 e. The Morgan fingerprint density at radius 2 is 1.48 bits per heavy atom. The molecule has 0 aliphatic carbocycles. The van der Waals surface area contributed by atoms with Crippen LogP contribution >= 0.6 is 0 Å². The van der Waals surface area contributed by atoms with Crippen molar-refractivity contribution in [3.63, 3.8) is 0 Å². The highest BCUT2D eigenvalue weighted by atomic mass is 16.5. The highest BCUT2D eigenvalue weighted by Gasteiger charge is 2.37. The Morgan fingerprint density at radius 3 is 2.30 bits per heavy atom. The largest absolute Gasteiger partial charge is 0.437 e. The first-order chi connectivity index (χ1) is 19.7. The third kappa shape index (κ3) is 3.43. The number of para-hydroxylation sites is 1. The van der Waals surface area contributed by atoms with Gasteiger partial charge in [-0.2, -0.15) is 0 Å². The predicted molar refractivity (Wildman–Crippen MR) is 149 cm³/mol. The van der Waals surface area contributed by atoms with Gasteiger partial charge in [0.1, 0.15) is 11.9 Å². The molecule has 8 nitrogen and oxygen atoms in total. The van der Waals surface area contributed by atoms with Gasteiger partial charge in [-0.15, -0.1) is 5.10 Å². The van der Waals surface area contributed by atoms with Gasteiger partial charge in [0, 0.05) is 18.0 Å². The Balaban J connectivity index is 1.32. The molecule has 0 saturated carbocycles. The highest BCUT2D eigenvalue weighted by molar-refractivity contribution is 5.87. The zero-order valence-corrected chi connectivity index (χ0v) is 20.9. The van der Waals surface area contributed by atoms with E-state index < -0.39 is 11.5 Å². The number of nitrogens with zero attached hydrogens (tertiary/aromatic N) is 5. The average molecular weight is 522 g/mol.